The maximum Gasteiger partial charge on any atom is 0.0471 e. The lowest BCUT2D eigenvalue weighted by Gasteiger charge is -2.00. The van der Waals surface area contributed by atoms with Crippen LogP contribution in [0, 0.1) is 0 Å². The monoisotopic (exact) mass is 500 g/mol. The SMILES string of the molecule is Brc1ccc(Br)c(Br)c1Br.Sc1ccccc1. The van der Waals surface area contributed by atoms with Crippen molar-refractivity contribution in [3.63, 3.8) is 0 Å². The van der Waals surface area contributed by atoms with Crippen molar-refractivity contribution in [1.29, 1.82) is 0 Å². The highest BCUT2D eigenvalue weighted by Gasteiger charge is 2.03. The van der Waals surface area contributed by atoms with Crippen molar-refractivity contribution in [3.05, 3.63) is 60.4 Å². The summed E-state index contributed by atoms with van der Waals surface area (Å²) < 4.78 is 4.15. The Bertz CT molecular complexity index is 458. The van der Waals surface area contributed by atoms with Crippen LogP contribution >= 0.6 is 76.3 Å². The van der Waals surface area contributed by atoms with Crippen molar-refractivity contribution >= 4 is 76.3 Å². The molecule has 0 spiro atoms. The molecule has 0 nitrogen and oxygen atoms in total. The highest BCUT2D eigenvalue weighted by molar-refractivity contribution is 9.15. The maximum absolute atomic E-state index is 4.08. The van der Waals surface area contributed by atoms with Gasteiger partial charge in [-0.15, -0.1) is 12.6 Å². The van der Waals surface area contributed by atoms with Gasteiger partial charge in [0.25, 0.3) is 0 Å². The molecule has 0 bridgehead atoms. The van der Waals surface area contributed by atoms with Gasteiger partial charge in [0, 0.05) is 22.8 Å². The average molecular weight is 504 g/mol. The van der Waals surface area contributed by atoms with Crippen LogP contribution in [0.2, 0.25) is 0 Å². The van der Waals surface area contributed by atoms with E-state index in [0.29, 0.717) is 0 Å². The molecule has 0 aliphatic rings. The molecule has 17 heavy (non-hydrogen) atoms. The molecule has 2 aromatic carbocycles. The second-order valence-corrected chi connectivity index (χ2v) is 6.80. The Morgan fingerprint density at radius 2 is 1.06 bits per heavy atom. The van der Waals surface area contributed by atoms with Crippen molar-refractivity contribution < 1.29 is 0 Å². The summed E-state index contributed by atoms with van der Waals surface area (Å²) in [6, 6.07) is 13.7. The first-order valence-electron chi connectivity index (χ1n) is 4.55. The molecule has 0 aliphatic heterocycles. The molecule has 0 radical (unpaired) electrons. The van der Waals surface area contributed by atoms with Crippen LogP contribution in [0.4, 0.5) is 0 Å². The number of halogens is 4. The van der Waals surface area contributed by atoms with Gasteiger partial charge in [-0.3, -0.25) is 0 Å². The fraction of sp³-hybridized carbons (Fsp3) is 0. The zero-order valence-corrected chi connectivity index (χ0v) is 15.7. The van der Waals surface area contributed by atoms with E-state index in [0.717, 1.165) is 22.8 Å². The van der Waals surface area contributed by atoms with Crippen LogP contribution in [0.1, 0.15) is 0 Å². The lowest BCUT2D eigenvalue weighted by atomic mass is 10.4. The number of hydrogen-bond acceptors (Lipinski definition) is 1. The Labute approximate surface area is 140 Å². The largest absolute Gasteiger partial charge is 0.143 e. The van der Waals surface area contributed by atoms with Gasteiger partial charge < -0.3 is 0 Å². The molecule has 0 amide bonds. The normalized spacial score (nSPS) is 9.47. The molecule has 0 fully saturated rings. The first-order chi connectivity index (χ1) is 8.02. The lowest BCUT2D eigenvalue weighted by Crippen LogP contribution is -1.73. The predicted molar refractivity (Wildman–Crippen MR) is 90.9 cm³/mol. The Kier molecular flexibility index (Phi) is 7.42. The van der Waals surface area contributed by atoms with E-state index in [9.17, 15) is 0 Å². The molecule has 0 unspecified atom stereocenters. The van der Waals surface area contributed by atoms with E-state index in [1.807, 2.05) is 42.5 Å². The predicted octanol–water partition coefficient (Wildman–Crippen LogP) is 6.71. The van der Waals surface area contributed by atoms with E-state index in [-0.39, 0.29) is 0 Å². The van der Waals surface area contributed by atoms with Crippen molar-refractivity contribution in [2.24, 2.45) is 0 Å². The van der Waals surface area contributed by atoms with Gasteiger partial charge in [0.15, 0.2) is 0 Å². The molecule has 90 valence electrons. The van der Waals surface area contributed by atoms with Gasteiger partial charge >= 0.3 is 0 Å². The second-order valence-electron chi connectivity index (χ2n) is 2.99. The summed E-state index contributed by atoms with van der Waals surface area (Å²) in [7, 11) is 0. The molecule has 0 atom stereocenters. The second kappa shape index (κ2) is 8.00. The standard InChI is InChI=1S/C6H2Br4.C6H6S/c7-3-1-2-4(8)6(10)5(3)9;7-6-4-2-1-3-5-6/h1-2H;1-5,7H. The zero-order valence-electron chi connectivity index (χ0n) is 8.50. The smallest absolute Gasteiger partial charge is 0.0471 e. The van der Waals surface area contributed by atoms with Crippen LogP contribution in [0.15, 0.2) is 65.3 Å². The minimum Gasteiger partial charge on any atom is -0.143 e. The van der Waals surface area contributed by atoms with E-state index in [2.05, 4.69) is 76.3 Å². The van der Waals surface area contributed by atoms with E-state index >= 15 is 0 Å². The summed E-state index contributed by atoms with van der Waals surface area (Å²) in [5.74, 6) is 0. The molecule has 0 saturated carbocycles. The third-order valence-corrected chi connectivity index (χ3v) is 6.61. The van der Waals surface area contributed by atoms with Gasteiger partial charge in [-0.2, -0.15) is 0 Å². The quantitative estimate of drug-likeness (QED) is 0.230. The zero-order chi connectivity index (χ0) is 12.8. The van der Waals surface area contributed by atoms with Crippen molar-refractivity contribution in [3.8, 4) is 0 Å². The van der Waals surface area contributed by atoms with E-state index in [1.54, 1.807) is 0 Å². The molecule has 0 aromatic heterocycles. The minimum atomic E-state index is 1.02. The van der Waals surface area contributed by atoms with Gasteiger partial charge in [0.2, 0.25) is 0 Å². The molecule has 0 N–H and O–H groups in total. The minimum absolute atomic E-state index is 1.02. The van der Waals surface area contributed by atoms with Gasteiger partial charge in [-0.05, 0) is 88.0 Å². The number of thiol groups is 1. The van der Waals surface area contributed by atoms with Gasteiger partial charge in [-0.25, -0.2) is 0 Å². The van der Waals surface area contributed by atoms with Crippen LogP contribution in [0.3, 0.4) is 0 Å². The Hall–Kier alpha value is 0.710. The van der Waals surface area contributed by atoms with Crippen molar-refractivity contribution in [1.82, 2.24) is 0 Å². The number of hydrogen-bond donors (Lipinski definition) is 1. The molecular weight excluding hydrogens is 496 g/mol. The Morgan fingerprint density at radius 1 is 0.647 bits per heavy atom. The molecule has 2 aromatic rings. The molecule has 0 saturated heterocycles. The highest BCUT2D eigenvalue weighted by Crippen LogP contribution is 2.35. The fourth-order valence-electron chi connectivity index (χ4n) is 0.930. The number of benzene rings is 2. The third-order valence-electron chi connectivity index (χ3n) is 1.74. The summed E-state index contributed by atoms with van der Waals surface area (Å²) in [5.41, 5.74) is 0. The summed E-state index contributed by atoms with van der Waals surface area (Å²) in [4.78, 5) is 1.02. The topological polar surface area (TPSA) is 0 Å². The van der Waals surface area contributed by atoms with Crippen molar-refractivity contribution in [2.45, 2.75) is 4.90 Å². The first-order valence-corrected chi connectivity index (χ1v) is 8.17. The molecule has 0 aliphatic carbocycles. The summed E-state index contributed by atoms with van der Waals surface area (Å²) in [6.45, 7) is 0. The van der Waals surface area contributed by atoms with Crippen LogP contribution in [0.5, 0.6) is 0 Å². The summed E-state index contributed by atoms with van der Waals surface area (Å²) in [5, 5.41) is 0. The molecule has 0 heterocycles. The average Bonchev–Trinajstić information content (AvgIpc) is 2.33. The fourth-order valence-corrected chi connectivity index (χ4v) is 2.99. The lowest BCUT2D eigenvalue weighted by molar-refractivity contribution is 1.48. The van der Waals surface area contributed by atoms with Gasteiger partial charge in [0.1, 0.15) is 0 Å². The van der Waals surface area contributed by atoms with E-state index in [4.69, 9.17) is 0 Å². The van der Waals surface area contributed by atoms with Gasteiger partial charge in [0.05, 0.1) is 0 Å². The Morgan fingerprint density at radius 3 is 1.35 bits per heavy atom. The number of rotatable bonds is 0. The van der Waals surface area contributed by atoms with Crippen LogP contribution < -0.4 is 0 Å². The summed E-state index contributed by atoms with van der Waals surface area (Å²) >= 11 is 17.7. The van der Waals surface area contributed by atoms with Crippen molar-refractivity contribution in [2.75, 3.05) is 0 Å². The maximum atomic E-state index is 4.08. The molecular formula is C12H8Br4S. The third kappa shape index (κ3) is 5.47. The first kappa shape index (κ1) is 15.8. The molecule has 5 heteroatoms. The van der Waals surface area contributed by atoms with Crippen LogP contribution in [-0.2, 0) is 0 Å². The highest BCUT2D eigenvalue weighted by atomic mass is 79.9. The molecule has 2 rings (SSSR count). The van der Waals surface area contributed by atoms with Crippen LogP contribution in [-0.4, -0.2) is 0 Å². The summed E-state index contributed by atoms with van der Waals surface area (Å²) in [6.07, 6.45) is 0. The van der Waals surface area contributed by atoms with Gasteiger partial charge in [-0.1, -0.05) is 18.2 Å². The van der Waals surface area contributed by atoms with E-state index < -0.39 is 0 Å². The van der Waals surface area contributed by atoms with E-state index in [1.165, 1.54) is 0 Å². The Balaban J connectivity index is 0.000000181. The van der Waals surface area contributed by atoms with Crippen LogP contribution in [0.25, 0.3) is 0 Å².